The minimum absolute atomic E-state index is 0.219. The first-order valence-corrected chi connectivity index (χ1v) is 8.72. The Hall–Kier alpha value is -1.55. The maximum atomic E-state index is 12.4. The van der Waals surface area contributed by atoms with Crippen LogP contribution in [-0.2, 0) is 11.3 Å². The monoisotopic (exact) mass is 318 g/mol. The van der Waals surface area contributed by atoms with Crippen molar-refractivity contribution >= 4 is 6.09 Å². The Morgan fingerprint density at radius 1 is 1.22 bits per heavy atom. The summed E-state index contributed by atoms with van der Waals surface area (Å²) in [7, 11) is 1.87. The Morgan fingerprint density at radius 3 is 2.48 bits per heavy atom. The van der Waals surface area contributed by atoms with Crippen molar-refractivity contribution in [3.8, 4) is 0 Å². The smallest absolute Gasteiger partial charge is 0.410 e. The number of ether oxygens (including phenoxy) is 1. The van der Waals surface area contributed by atoms with Gasteiger partial charge >= 0.3 is 6.09 Å². The van der Waals surface area contributed by atoms with Crippen LogP contribution in [0.25, 0.3) is 0 Å². The van der Waals surface area contributed by atoms with Crippen molar-refractivity contribution in [2.75, 3.05) is 26.7 Å². The van der Waals surface area contributed by atoms with Crippen LogP contribution in [0.3, 0.4) is 0 Å². The molecule has 0 radical (unpaired) electrons. The van der Waals surface area contributed by atoms with Crippen molar-refractivity contribution in [2.24, 2.45) is 5.92 Å². The van der Waals surface area contributed by atoms with E-state index < -0.39 is 0 Å². The molecule has 4 nitrogen and oxygen atoms in total. The highest BCUT2D eigenvalue weighted by molar-refractivity contribution is 5.67. The van der Waals surface area contributed by atoms with Gasteiger partial charge in [0.2, 0.25) is 0 Å². The van der Waals surface area contributed by atoms with Gasteiger partial charge in [0.25, 0.3) is 0 Å². The van der Waals surface area contributed by atoms with Gasteiger partial charge in [0.05, 0.1) is 0 Å². The number of amides is 1. The molecule has 0 spiro atoms. The average Bonchev–Trinajstić information content (AvgIpc) is 3.05. The number of likely N-dealkylation sites (tertiary alicyclic amines) is 1. The van der Waals surface area contributed by atoms with Crippen molar-refractivity contribution in [2.45, 2.75) is 45.8 Å². The van der Waals surface area contributed by atoms with Crippen LogP contribution in [0.5, 0.6) is 0 Å². The molecule has 1 atom stereocenters. The first-order valence-electron chi connectivity index (χ1n) is 8.72. The van der Waals surface area contributed by atoms with Crippen molar-refractivity contribution in [3.63, 3.8) is 0 Å². The second kappa shape index (κ2) is 8.92. The molecule has 128 valence electrons. The second-order valence-corrected chi connectivity index (χ2v) is 6.94. The molecule has 1 unspecified atom stereocenters. The quantitative estimate of drug-likeness (QED) is 0.767. The summed E-state index contributed by atoms with van der Waals surface area (Å²) in [6, 6.07) is 10.1. The minimum atomic E-state index is -0.223. The molecule has 4 heteroatoms. The molecule has 1 amide bonds. The van der Waals surface area contributed by atoms with Crippen molar-refractivity contribution in [3.05, 3.63) is 35.9 Å². The van der Waals surface area contributed by atoms with Crippen LogP contribution in [0, 0.1) is 5.92 Å². The van der Waals surface area contributed by atoms with Crippen LogP contribution in [0.1, 0.15) is 38.7 Å². The van der Waals surface area contributed by atoms with E-state index in [9.17, 15) is 4.79 Å². The highest BCUT2D eigenvalue weighted by Gasteiger charge is 2.25. The maximum absolute atomic E-state index is 12.4. The predicted molar refractivity (Wildman–Crippen MR) is 93.3 cm³/mol. The Bertz CT molecular complexity index is 470. The molecule has 0 bridgehead atoms. The van der Waals surface area contributed by atoms with Crippen LogP contribution >= 0.6 is 0 Å². The van der Waals surface area contributed by atoms with E-state index in [1.165, 1.54) is 12.8 Å². The van der Waals surface area contributed by atoms with E-state index in [2.05, 4.69) is 18.7 Å². The second-order valence-electron chi connectivity index (χ2n) is 6.94. The van der Waals surface area contributed by atoms with Crippen LogP contribution in [0.2, 0.25) is 0 Å². The molecule has 0 aromatic heterocycles. The average molecular weight is 318 g/mol. The molecule has 0 N–H and O–H groups in total. The van der Waals surface area contributed by atoms with E-state index in [4.69, 9.17) is 4.74 Å². The molecule has 1 aromatic carbocycles. The molecule has 0 saturated carbocycles. The van der Waals surface area contributed by atoms with Crippen LogP contribution in [-0.4, -0.2) is 48.6 Å². The summed E-state index contributed by atoms with van der Waals surface area (Å²) in [6.45, 7) is 8.01. The number of hydrogen-bond donors (Lipinski definition) is 0. The highest BCUT2D eigenvalue weighted by atomic mass is 16.6. The van der Waals surface area contributed by atoms with Gasteiger partial charge in [-0.1, -0.05) is 44.2 Å². The zero-order valence-corrected chi connectivity index (χ0v) is 14.7. The van der Waals surface area contributed by atoms with Gasteiger partial charge in [0, 0.05) is 19.6 Å². The van der Waals surface area contributed by atoms with E-state index in [0.717, 1.165) is 31.6 Å². The van der Waals surface area contributed by atoms with Gasteiger partial charge in [0.15, 0.2) is 0 Å². The number of benzene rings is 1. The molecule has 1 aliphatic heterocycles. The molecule has 1 heterocycles. The summed E-state index contributed by atoms with van der Waals surface area (Å²) in [6.07, 6.45) is 3.33. The van der Waals surface area contributed by atoms with Gasteiger partial charge < -0.3 is 14.5 Å². The van der Waals surface area contributed by atoms with Crippen molar-refractivity contribution in [1.29, 1.82) is 0 Å². The van der Waals surface area contributed by atoms with Gasteiger partial charge in [-0.15, -0.1) is 0 Å². The Morgan fingerprint density at radius 2 is 1.87 bits per heavy atom. The molecule has 1 aromatic rings. The van der Waals surface area contributed by atoms with Crippen LogP contribution in [0.4, 0.5) is 4.79 Å². The Kier molecular flexibility index (Phi) is 6.90. The van der Waals surface area contributed by atoms with Crippen LogP contribution in [0.15, 0.2) is 30.3 Å². The number of rotatable bonds is 7. The standard InChI is InChI=1S/C19H30N2O2/c1-16(2)13-18(14-21-11-7-8-12-21)20(3)19(22)23-15-17-9-5-4-6-10-17/h4-6,9-10,16,18H,7-8,11-15H2,1-3H3. The van der Waals surface area contributed by atoms with Crippen molar-refractivity contribution < 1.29 is 9.53 Å². The molecule has 23 heavy (non-hydrogen) atoms. The SMILES string of the molecule is CC(C)CC(CN1CCCC1)N(C)C(=O)OCc1ccccc1. The van der Waals surface area contributed by atoms with E-state index in [-0.39, 0.29) is 12.1 Å². The number of likely N-dealkylation sites (N-methyl/N-ethyl adjacent to an activating group) is 1. The summed E-state index contributed by atoms with van der Waals surface area (Å²) in [5.74, 6) is 0.562. The normalized spacial score (nSPS) is 16.5. The molecular weight excluding hydrogens is 288 g/mol. The first kappa shape index (κ1) is 17.8. The summed E-state index contributed by atoms with van der Waals surface area (Å²) in [5.41, 5.74) is 1.02. The fraction of sp³-hybridized carbons (Fsp3) is 0.632. The zero-order chi connectivity index (χ0) is 16.7. The van der Waals surface area contributed by atoms with Gasteiger partial charge in [-0.3, -0.25) is 0 Å². The molecule has 2 rings (SSSR count). The summed E-state index contributed by atoms with van der Waals surface area (Å²) in [4.78, 5) is 16.7. The van der Waals surface area contributed by atoms with Gasteiger partial charge in [-0.25, -0.2) is 4.79 Å². The third-order valence-electron chi connectivity index (χ3n) is 4.45. The number of nitrogens with zero attached hydrogens (tertiary/aromatic N) is 2. The molecule has 1 fully saturated rings. The third-order valence-corrected chi connectivity index (χ3v) is 4.45. The van der Waals surface area contributed by atoms with Gasteiger partial charge in [0.1, 0.15) is 6.61 Å². The highest BCUT2D eigenvalue weighted by Crippen LogP contribution is 2.16. The minimum Gasteiger partial charge on any atom is -0.445 e. The number of carbonyl (C=O) groups excluding carboxylic acids is 1. The van der Waals surface area contributed by atoms with Crippen LogP contribution < -0.4 is 0 Å². The lowest BCUT2D eigenvalue weighted by Gasteiger charge is -2.32. The van der Waals surface area contributed by atoms with E-state index >= 15 is 0 Å². The maximum Gasteiger partial charge on any atom is 0.410 e. The Balaban J connectivity index is 1.88. The first-order chi connectivity index (χ1) is 11.1. The number of hydrogen-bond acceptors (Lipinski definition) is 3. The number of carbonyl (C=O) groups is 1. The third kappa shape index (κ3) is 5.87. The predicted octanol–water partition coefficient (Wildman–Crippen LogP) is 3.77. The fourth-order valence-electron chi connectivity index (χ4n) is 3.13. The van der Waals surface area contributed by atoms with E-state index in [1.54, 1.807) is 4.90 Å². The largest absolute Gasteiger partial charge is 0.445 e. The lowest BCUT2D eigenvalue weighted by Crippen LogP contribution is -2.45. The molecule has 1 saturated heterocycles. The molecule has 0 aliphatic carbocycles. The van der Waals surface area contributed by atoms with E-state index in [0.29, 0.717) is 12.5 Å². The summed E-state index contributed by atoms with van der Waals surface area (Å²) >= 11 is 0. The molecule has 1 aliphatic rings. The van der Waals surface area contributed by atoms with Gasteiger partial charge in [-0.05, 0) is 43.8 Å². The summed E-state index contributed by atoms with van der Waals surface area (Å²) < 4.78 is 5.49. The lowest BCUT2D eigenvalue weighted by molar-refractivity contribution is 0.0788. The topological polar surface area (TPSA) is 32.8 Å². The Labute approximate surface area is 140 Å². The molecular formula is C19H30N2O2. The summed E-state index contributed by atoms with van der Waals surface area (Å²) in [5, 5.41) is 0. The van der Waals surface area contributed by atoms with E-state index in [1.807, 2.05) is 37.4 Å². The fourth-order valence-corrected chi connectivity index (χ4v) is 3.13. The lowest BCUT2D eigenvalue weighted by atomic mass is 10.0. The van der Waals surface area contributed by atoms with Gasteiger partial charge in [-0.2, -0.15) is 0 Å². The zero-order valence-electron chi connectivity index (χ0n) is 14.7. The van der Waals surface area contributed by atoms with Crippen molar-refractivity contribution in [1.82, 2.24) is 9.80 Å².